The van der Waals surface area contributed by atoms with Crippen LogP contribution in [0.1, 0.15) is 118 Å². The summed E-state index contributed by atoms with van der Waals surface area (Å²) in [5.74, 6) is 1.27. The number of nitriles is 1. The largest absolute Gasteiger partial charge is 0.467 e. The summed E-state index contributed by atoms with van der Waals surface area (Å²) >= 11 is 0. The molecule has 8 nitrogen and oxygen atoms in total. The van der Waals surface area contributed by atoms with Gasteiger partial charge in [0, 0.05) is 39.0 Å². The van der Waals surface area contributed by atoms with Crippen LogP contribution in [0.4, 0.5) is 11.4 Å². The number of hydrogen-bond acceptors (Lipinski definition) is 5. The molecule has 1 unspecified atom stereocenters. The summed E-state index contributed by atoms with van der Waals surface area (Å²) in [5, 5.41) is 18.5. The van der Waals surface area contributed by atoms with Gasteiger partial charge >= 0.3 is 0 Å². The number of fused-ring (bicyclic) bond motifs is 7. The predicted molar refractivity (Wildman–Crippen MR) is 233 cm³/mol. The summed E-state index contributed by atoms with van der Waals surface area (Å²) < 4.78 is 16.9. The molecule has 9 rings (SSSR count). The standard InChI is InChI=1S/C50H44N6O2/c1-27(2)35-12-10-13-36(28(3)4)45(35)32-23-54-56(25-32)34-18-31(22-51)49-39(20-34)47-43(57-49)16-17-44-48(47)40-19-33(21-41(52-9)50(40)58-44)55-26-53-24-42(55)46-37(29(5)6)14-11-15-38(46)30(7)8/h10-21,23-25,27-30,42H,1-8H3. The lowest BCUT2D eigenvalue weighted by Gasteiger charge is -2.26. The van der Waals surface area contributed by atoms with E-state index in [2.05, 4.69) is 126 Å². The molecule has 1 atom stereocenters. The van der Waals surface area contributed by atoms with Gasteiger partial charge in [0.15, 0.2) is 5.58 Å². The third-order valence-electron chi connectivity index (χ3n) is 11.6. The smallest absolute Gasteiger partial charge is 0.248 e. The molecule has 1 aliphatic heterocycles. The summed E-state index contributed by atoms with van der Waals surface area (Å²) in [4.78, 5) is 8.54. The van der Waals surface area contributed by atoms with E-state index >= 15 is 0 Å². The van der Waals surface area contributed by atoms with Crippen LogP contribution in [0.3, 0.4) is 0 Å². The van der Waals surface area contributed by atoms with Crippen molar-refractivity contribution >= 4 is 67.8 Å². The van der Waals surface area contributed by atoms with Gasteiger partial charge in [0.1, 0.15) is 28.9 Å². The minimum Gasteiger partial charge on any atom is -0.467 e. The van der Waals surface area contributed by atoms with Gasteiger partial charge in [-0.05, 0) is 81.3 Å². The average Bonchev–Trinajstić information content (AvgIpc) is 4.04. The third kappa shape index (κ3) is 5.74. The molecule has 0 saturated heterocycles. The molecule has 0 fully saturated rings. The zero-order valence-electron chi connectivity index (χ0n) is 34.0. The van der Waals surface area contributed by atoms with Crippen molar-refractivity contribution in [3.8, 4) is 22.9 Å². The number of rotatable bonds is 8. The molecule has 8 heteroatoms. The Labute approximate surface area is 338 Å². The molecule has 5 aromatic carbocycles. The SMILES string of the molecule is [C-]#[N+]c1cc([N+]2=[C-]N=CC2c2c(C(C)C)cccc2C(C)C)cc2c1oc1ccc3oc4c(C#N)cc(-n5cc(-c6c(C(C)C)cccc6C(C)C)cn5)cc4c3c12. The first-order chi connectivity index (χ1) is 28.0. The molecular weight excluding hydrogens is 717 g/mol. The van der Waals surface area contributed by atoms with Crippen molar-refractivity contribution in [1.82, 2.24) is 9.78 Å². The van der Waals surface area contributed by atoms with Crippen LogP contribution in [0.15, 0.2) is 99.0 Å². The maximum atomic E-state index is 10.5. The number of benzene rings is 5. The van der Waals surface area contributed by atoms with Crippen LogP contribution in [-0.4, -0.2) is 26.9 Å². The lowest BCUT2D eigenvalue weighted by atomic mass is 9.85. The number of aromatic nitrogens is 2. The number of aliphatic imine (C=N–C) groups is 1. The zero-order chi connectivity index (χ0) is 40.6. The van der Waals surface area contributed by atoms with Gasteiger partial charge in [-0.3, -0.25) is 0 Å². The van der Waals surface area contributed by atoms with Crippen molar-refractivity contribution in [3.05, 3.63) is 130 Å². The first kappa shape index (κ1) is 36.8. The van der Waals surface area contributed by atoms with Crippen LogP contribution in [0, 0.1) is 17.9 Å². The first-order valence-electron chi connectivity index (χ1n) is 20.0. The normalized spacial score (nSPS) is 14.3. The second-order valence-electron chi connectivity index (χ2n) is 16.6. The van der Waals surface area contributed by atoms with Gasteiger partial charge in [-0.15, -0.1) is 0 Å². The molecule has 1 aliphatic rings. The molecule has 0 amide bonds. The lowest BCUT2D eigenvalue weighted by molar-refractivity contribution is -0.461. The number of nitrogens with zero attached hydrogens (tertiary/aromatic N) is 6. The lowest BCUT2D eigenvalue weighted by Crippen LogP contribution is -2.17. The highest BCUT2D eigenvalue weighted by Gasteiger charge is 2.28. The van der Waals surface area contributed by atoms with E-state index in [-0.39, 0.29) is 6.04 Å². The average molecular weight is 761 g/mol. The van der Waals surface area contributed by atoms with Gasteiger partial charge in [0.05, 0.1) is 30.2 Å². The molecule has 0 radical (unpaired) electrons. The Morgan fingerprint density at radius 1 is 0.776 bits per heavy atom. The van der Waals surface area contributed by atoms with E-state index in [0.29, 0.717) is 57.3 Å². The summed E-state index contributed by atoms with van der Waals surface area (Å²) in [6, 6.07) is 26.8. The quantitative estimate of drug-likeness (QED) is 0.114. The van der Waals surface area contributed by atoms with Crippen LogP contribution in [0.25, 0.3) is 65.5 Å². The van der Waals surface area contributed by atoms with E-state index in [1.54, 1.807) is 0 Å². The van der Waals surface area contributed by atoms with Crippen LogP contribution < -0.4 is 0 Å². The molecule has 3 aromatic heterocycles. The van der Waals surface area contributed by atoms with E-state index in [0.717, 1.165) is 38.5 Å². The van der Waals surface area contributed by atoms with Crippen LogP contribution >= 0.6 is 0 Å². The Kier molecular flexibility index (Phi) is 8.90. The third-order valence-corrected chi connectivity index (χ3v) is 11.6. The fourth-order valence-electron chi connectivity index (χ4n) is 8.87. The molecular formula is C50H44N6O2. The van der Waals surface area contributed by atoms with Crippen molar-refractivity contribution in [3.63, 3.8) is 0 Å². The fraction of sp³-hybridized carbons (Fsp3) is 0.260. The Bertz CT molecular complexity index is 3060. The van der Waals surface area contributed by atoms with E-state index in [9.17, 15) is 5.26 Å². The number of hydrogen-bond donors (Lipinski definition) is 0. The molecule has 0 saturated carbocycles. The maximum Gasteiger partial charge on any atom is 0.248 e. The van der Waals surface area contributed by atoms with Crippen molar-refractivity contribution < 1.29 is 13.4 Å². The monoisotopic (exact) mass is 760 g/mol. The fourth-order valence-corrected chi connectivity index (χ4v) is 8.87. The molecule has 0 bridgehead atoms. The summed E-state index contributed by atoms with van der Waals surface area (Å²) in [5.41, 5.74) is 13.1. The Hall–Kier alpha value is -6.77. The molecule has 58 heavy (non-hydrogen) atoms. The second kappa shape index (κ2) is 14.0. The van der Waals surface area contributed by atoms with Crippen LogP contribution in [-0.2, 0) is 0 Å². The van der Waals surface area contributed by atoms with Crippen molar-refractivity contribution in [1.29, 1.82) is 5.26 Å². The molecule has 4 heterocycles. The molecule has 8 aromatic rings. The van der Waals surface area contributed by atoms with Gasteiger partial charge in [-0.25, -0.2) is 9.53 Å². The van der Waals surface area contributed by atoms with Gasteiger partial charge in [0.25, 0.3) is 0 Å². The highest BCUT2D eigenvalue weighted by molar-refractivity contribution is 6.27. The van der Waals surface area contributed by atoms with E-state index in [4.69, 9.17) is 20.5 Å². The van der Waals surface area contributed by atoms with Crippen LogP contribution in [0.2, 0.25) is 0 Å². The molecule has 0 N–H and O–H groups in total. The zero-order valence-corrected chi connectivity index (χ0v) is 34.0. The molecule has 0 aliphatic carbocycles. The molecule has 0 spiro atoms. The van der Waals surface area contributed by atoms with Gasteiger partial charge < -0.3 is 13.4 Å². The van der Waals surface area contributed by atoms with Crippen molar-refractivity contribution in [2.24, 2.45) is 4.99 Å². The summed E-state index contributed by atoms with van der Waals surface area (Å²) in [7, 11) is 0. The van der Waals surface area contributed by atoms with E-state index in [1.807, 2.05) is 52.0 Å². The molecule has 286 valence electrons. The van der Waals surface area contributed by atoms with Crippen molar-refractivity contribution in [2.45, 2.75) is 85.1 Å². The Balaban J connectivity index is 1.25. The number of furan rings is 2. The second-order valence-corrected chi connectivity index (χ2v) is 16.6. The van der Waals surface area contributed by atoms with Gasteiger partial charge in [0.2, 0.25) is 12.0 Å². The van der Waals surface area contributed by atoms with E-state index < -0.39 is 0 Å². The highest BCUT2D eigenvalue weighted by atomic mass is 16.3. The first-order valence-corrected chi connectivity index (χ1v) is 20.0. The van der Waals surface area contributed by atoms with E-state index in [1.165, 1.54) is 33.4 Å². The predicted octanol–water partition coefficient (Wildman–Crippen LogP) is 13.6. The minimum absolute atomic E-state index is 0.205. The maximum absolute atomic E-state index is 10.5. The van der Waals surface area contributed by atoms with Gasteiger partial charge in [-0.2, -0.15) is 15.4 Å². The Morgan fingerprint density at radius 2 is 1.36 bits per heavy atom. The summed E-state index contributed by atoms with van der Waals surface area (Å²) in [6.45, 7) is 26.0. The Morgan fingerprint density at radius 3 is 1.95 bits per heavy atom. The minimum atomic E-state index is -0.205. The summed E-state index contributed by atoms with van der Waals surface area (Å²) in [6.07, 6.45) is 9.17. The van der Waals surface area contributed by atoms with Crippen molar-refractivity contribution in [2.75, 3.05) is 0 Å². The van der Waals surface area contributed by atoms with Crippen LogP contribution in [0.5, 0.6) is 0 Å². The van der Waals surface area contributed by atoms with Gasteiger partial charge in [-0.1, -0.05) is 104 Å². The highest BCUT2D eigenvalue weighted by Crippen LogP contribution is 2.46. The topological polar surface area (TPSA) is 87.6 Å².